The summed E-state index contributed by atoms with van der Waals surface area (Å²) < 4.78 is 31.1. The van der Waals surface area contributed by atoms with E-state index in [-0.39, 0.29) is 36.7 Å². The molecule has 26 heavy (non-hydrogen) atoms. The quantitative estimate of drug-likeness (QED) is 0.915. The molecule has 5 nitrogen and oxygen atoms in total. The number of halogens is 2. The summed E-state index contributed by atoms with van der Waals surface area (Å²) in [4.78, 5) is 14.3. The van der Waals surface area contributed by atoms with Crippen molar-refractivity contribution in [2.24, 2.45) is 5.73 Å². The summed E-state index contributed by atoms with van der Waals surface area (Å²) in [5.74, 6) is -0.471. The molecule has 4 rings (SSSR count). The molecule has 136 valence electrons. The Balaban J connectivity index is 1.96. The van der Waals surface area contributed by atoms with Gasteiger partial charge in [0.15, 0.2) is 0 Å². The average molecular weight is 358 g/mol. The normalized spacial score (nSPS) is 22.8. The second-order valence-electron chi connectivity index (χ2n) is 7.37. The molecule has 0 radical (unpaired) electrons. The van der Waals surface area contributed by atoms with Crippen LogP contribution in [0.2, 0.25) is 0 Å². The zero-order valence-corrected chi connectivity index (χ0v) is 14.6. The number of hydrogen-bond donors (Lipinski definition) is 1. The monoisotopic (exact) mass is 358 g/mol. The Hall–Kier alpha value is -2.46. The summed E-state index contributed by atoms with van der Waals surface area (Å²) in [5, 5.41) is 9.76. The Kier molecular flexibility index (Phi) is 3.77. The minimum absolute atomic E-state index is 0.0167. The maximum atomic E-state index is 14.9. The van der Waals surface area contributed by atoms with E-state index in [9.17, 15) is 18.8 Å². The fourth-order valence-electron chi connectivity index (χ4n) is 4.00. The van der Waals surface area contributed by atoms with E-state index in [1.165, 1.54) is 12.1 Å². The van der Waals surface area contributed by atoms with Crippen LogP contribution in [0.15, 0.2) is 16.9 Å². The lowest BCUT2D eigenvalue weighted by Gasteiger charge is -2.25. The van der Waals surface area contributed by atoms with Crippen molar-refractivity contribution in [1.29, 1.82) is 5.26 Å². The van der Waals surface area contributed by atoms with E-state index >= 15 is 0 Å². The zero-order chi connectivity index (χ0) is 18.6. The number of pyridine rings is 1. The van der Waals surface area contributed by atoms with Gasteiger partial charge in [0.1, 0.15) is 23.1 Å². The highest BCUT2D eigenvalue weighted by Crippen LogP contribution is 2.40. The van der Waals surface area contributed by atoms with Crippen LogP contribution in [0, 0.1) is 24.1 Å². The fraction of sp³-hybridized carbons (Fsp3) is 0.474. The van der Waals surface area contributed by atoms with E-state index in [4.69, 9.17) is 5.73 Å². The predicted octanol–water partition coefficient (Wildman–Crippen LogP) is 2.53. The van der Waals surface area contributed by atoms with E-state index in [1.54, 1.807) is 16.4 Å². The van der Waals surface area contributed by atoms with Gasteiger partial charge in [-0.3, -0.25) is 4.79 Å². The largest absolute Gasteiger partial charge is 0.366 e. The lowest BCUT2D eigenvalue weighted by atomic mass is 10.0. The van der Waals surface area contributed by atoms with E-state index < -0.39 is 11.5 Å². The van der Waals surface area contributed by atoms with Crippen LogP contribution in [0.4, 0.5) is 14.5 Å². The first-order chi connectivity index (χ1) is 12.4. The molecule has 7 heteroatoms. The molecule has 1 aromatic heterocycles. The number of aryl methyl sites for hydroxylation is 1. The third-order valence-corrected chi connectivity index (χ3v) is 5.50. The molecule has 1 saturated heterocycles. The van der Waals surface area contributed by atoms with Crippen molar-refractivity contribution in [3.8, 4) is 6.07 Å². The van der Waals surface area contributed by atoms with Crippen molar-refractivity contribution >= 4 is 16.6 Å². The van der Waals surface area contributed by atoms with Gasteiger partial charge >= 0.3 is 0 Å². The van der Waals surface area contributed by atoms with Gasteiger partial charge in [-0.05, 0) is 37.5 Å². The summed E-state index contributed by atoms with van der Waals surface area (Å²) in [6.45, 7) is 2.07. The van der Waals surface area contributed by atoms with Gasteiger partial charge in [0.05, 0.1) is 17.7 Å². The highest BCUT2D eigenvalue weighted by atomic mass is 19.1. The predicted molar refractivity (Wildman–Crippen MR) is 95.6 cm³/mol. The van der Waals surface area contributed by atoms with Crippen LogP contribution in [0.5, 0.6) is 0 Å². The second kappa shape index (κ2) is 5.78. The van der Waals surface area contributed by atoms with Crippen LogP contribution < -0.4 is 16.2 Å². The number of aromatic nitrogens is 1. The number of hydrogen-bond acceptors (Lipinski definition) is 4. The van der Waals surface area contributed by atoms with E-state index in [1.807, 2.05) is 6.07 Å². The summed E-state index contributed by atoms with van der Waals surface area (Å²) in [5.41, 5.74) is 5.25. The number of fused-ring (bicyclic) bond motifs is 1. The van der Waals surface area contributed by atoms with Crippen molar-refractivity contribution in [3.63, 3.8) is 0 Å². The van der Waals surface area contributed by atoms with Crippen LogP contribution in [0.25, 0.3) is 10.9 Å². The third kappa shape index (κ3) is 2.48. The van der Waals surface area contributed by atoms with Crippen LogP contribution in [0.1, 0.15) is 36.4 Å². The molecule has 2 aromatic rings. The molecule has 2 N–H and O–H groups in total. The molecular weight excluding hydrogens is 338 g/mol. The number of nitrogens with zero attached hydrogens (tertiary/aromatic N) is 3. The van der Waals surface area contributed by atoms with Gasteiger partial charge in [0.2, 0.25) is 0 Å². The first-order valence-electron chi connectivity index (χ1n) is 8.81. The van der Waals surface area contributed by atoms with Gasteiger partial charge in [-0.1, -0.05) is 0 Å². The molecule has 0 spiro atoms. The number of nitriles is 1. The van der Waals surface area contributed by atoms with Crippen LogP contribution >= 0.6 is 0 Å². The minimum atomic E-state index is -1.52. The Bertz CT molecular complexity index is 1010. The SMILES string of the molecule is Cc1c(N2CCC(F)(CN)C2)c(F)cc2cc(C#N)c(=O)n(C3CC3)c12. The summed E-state index contributed by atoms with van der Waals surface area (Å²) >= 11 is 0. The molecule has 2 aliphatic rings. The number of rotatable bonds is 3. The van der Waals surface area contributed by atoms with Crippen molar-refractivity contribution < 1.29 is 8.78 Å². The molecule has 1 saturated carbocycles. The maximum Gasteiger partial charge on any atom is 0.269 e. The summed E-state index contributed by atoms with van der Waals surface area (Å²) in [6, 6.07) is 4.74. The van der Waals surface area contributed by atoms with Gasteiger partial charge < -0.3 is 15.2 Å². The Labute approximate surface area is 149 Å². The highest BCUT2D eigenvalue weighted by Gasteiger charge is 2.39. The van der Waals surface area contributed by atoms with Crippen LogP contribution in [-0.2, 0) is 0 Å². The molecule has 0 bridgehead atoms. The number of benzene rings is 1. The highest BCUT2D eigenvalue weighted by molar-refractivity contribution is 5.89. The number of alkyl halides is 1. The Morgan fingerprint density at radius 2 is 2.15 bits per heavy atom. The summed E-state index contributed by atoms with van der Waals surface area (Å²) in [6.07, 6.45) is 1.98. The number of anilines is 1. The zero-order valence-electron chi connectivity index (χ0n) is 14.6. The molecule has 1 aliphatic heterocycles. The Morgan fingerprint density at radius 3 is 2.73 bits per heavy atom. The molecule has 2 heterocycles. The van der Waals surface area contributed by atoms with Crippen molar-refractivity contribution in [3.05, 3.63) is 39.4 Å². The maximum absolute atomic E-state index is 14.9. The molecule has 1 aromatic carbocycles. The van der Waals surface area contributed by atoms with Gasteiger partial charge in [0.25, 0.3) is 5.56 Å². The van der Waals surface area contributed by atoms with Gasteiger partial charge in [0, 0.05) is 30.9 Å². The van der Waals surface area contributed by atoms with Crippen LogP contribution in [0.3, 0.4) is 0 Å². The van der Waals surface area contributed by atoms with Gasteiger partial charge in [-0.25, -0.2) is 8.78 Å². The molecule has 1 unspecified atom stereocenters. The van der Waals surface area contributed by atoms with Crippen molar-refractivity contribution in [1.82, 2.24) is 4.57 Å². The molecular formula is C19H20F2N4O. The molecule has 1 atom stereocenters. The first kappa shape index (κ1) is 17.0. The molecule has 1 aliphatic carbocycles. The van der Waals surface area contributed by atoms with E-state index in [0.717, 1.165) is 12.8 Å². The molecule has 2 fully saturated rings. The van der Waals surface area contributed by atoms with Crippen molar-refractivity contribution in [2.75, 3.05) is 24.5 Å². The van der Waals surface area contributed by atoms with E-state index in [0.29, 0.717) is 28.7 Å². The third-order valence-electron chi connectivity index (χ3n) is 5.50. The Morgan fingerprint density at radius 1 is 1.42 bits per heavy atom. The number of nitrogens with two attached hydrogens (primary N) is 1. The smallest absolute Gasteiger partial charge is 0.269 e. The lowest BCUT2D eigenvalue weighted by Crippen LogP contribution is -2.36. The standard InChI is InChI=1S/C19H20F2N4O/c1-11-16-12(6-13(8-22)18(26)25(16)14-2-3-14)7-15(20)17(11)24-5-4-19(21,9-23)10-24/h6-7,14H,2-5,9-10,23H2,1H3. The average Bonchev–Trinajstić information content (AvgIpc) is 3.37. The fourth-order valence-corrected chi connectivity index (χ4v) is 4.00. The lowest BCUT2D eigenvalue weighted by molar-refractivity contribution is 0.204. The van der Waals surface area contributed by atoms with E-state index in [2.05, 4.69) is 0 Å². The second-order valence-corrected chi connectivity index (χ2v) is 7.37. The molecule has 0 amide bonds. The van der Waals surface area contributed by atoms with Gasteiger partial charge in [-0.2, -0.15) is 5.26 Å². The first-order valence-corrected chi connectivity index (χ1v) is 8.81. The van der Waals surface area contributed by atoms with Crippen molar-refractivity contribution in [2.45, 2.75) is 37.9 Å². The topological polar surface area (TPSA) is 75.1 Å². The van der Waals surface area contributed by atoms with Gasteiger partial charge in [-0.15, -0.1) is 0 Å². The van der Waals surface area contributed by atoms with Crippen LogP contribution in [-0.4, -0.2) is 29.9 Å². The summed E-state index contributed by atoms with van der Waals surface area (Å²) in [7, 11) is 0. The minimum Gasteiger partial charge on any atom is -0.366 e.